The zero-order chi connectivity index (χ0) is 26.6. The van der Waals surface area contributed by atoms with E-state index < -0.39 is 53.1 Å². The van der Waals surface area contributed by atoms with E-state index in [-0.39, 0.29) is 16.5 Å². The van der Waals surface area contributed by atoms with Gasteiger partial charge in [0.05, 0.1) is 5.41 Å². The molecular formula is C21H25N5O7S3. The summed E-state index contributed by atoms with van der Waals surface area (Å²) < 4.78 is 10.2. The molecule has 2 aliphatic rings. The summed E-state index contributed by atoms with van der Waals surface area (Å²) in [6.07, 6.45) is 1.66. The van der Waals surface area contributed by atoms with Gasteiger partial charge >= 0.3 is 11.9 Å². The van der Waals surface area contributed by atoms with Gasteiger partial charge < -0.3 is 25.7 Å². The number of amides is 2. The van der Waals surface area contributed by atoms with Gasteiger partial charge in [-0.3, -0.25) is 19.3 Å². The Kier molecular flexibility index (Phi) is 8.68. The summed E-state index contributed by atoms with van der Waals surface area (Å²) in [6, 6.07) is -0.984. The van der Waals surface area contributed by atoms with Crippen molar-refractivity contribution < 1.29 is 33.9 Å². The number of nitrogen functional groups attached to an aromatic ring is 1. The van der Waals surface area contributed by atoms with Crippen LogP contribution in [-0.4, -0.2) is 74.3 Å². The average molecular weight is 556 g/mol. The minimum atomic E-state index is -0.984. The SMILES string of the molecule is C=CCSC1=C(C(=O)OCOC(=O)C(C)(C)C)N2C(=O)[C@@H](NC(=O)/C(=N\O)c3csc(N)n3)[C@@H]2SC1. The second kappa shape index (κ2) is 11.3. The second-order valence-corrected chi connectivity index (χ2v) is 11.6. The molecule has 0 spiro atoms. The van der Waals surface area contributed by atoms with Crippen LogP contribution in [0.25, 0.3) is 0 Å². The third kappa shape index (κ3) is 5.84. The number of esters is 2. The van der Waals surface area contributed by atoms with Crippen LogP contribution in [0.3, 0.4) is 0 Å². The highest BCUT2D eigenvalue weighted by molar-refractivity contribution is 8.06. The summed E-state index contributed by atoms with van der Waals surface area (Å²) in [5.41, 5.74) is 4.49. The number of fused-ring (bicyclic) bond motifs is 1. The van der Waals surface area contributed by atoms with Crippen molar-refractivity contribution in [2.45, 2.75) is 32.2 Å². The van der Waals surface area contributed by atoms with E-state index in [9.17, 15) is 24.4 Å². The summed E-state index contributed by atoms with van der Waals surface area (Å²) in [4.78, 5) is 56.4. The van der Waals surface area contributed by atoms with E-state index in [0.29, 0.717) is 16.4 Å². The number of anilines is 1. The first-order valence-corrected chi connectivity index (χ1v) is 13.4. The van der Waals surface area contributed by atoms with Crippen molar-refractivity contribution in [3.05, 3.63) is 34.3 Å². The first-order chi connectivity index (χ1) is 17.0. The van der Waals surface area contributed by atoms with Crippen molar-refractivity contribution in [2.75, 3.05) is 24.0 Å². The molecule has 0 bridgehead atoms. The predicted molar refractivity (Wildman–Crippen MR) is 136 cm³/mol. The van der Waals surface area contributed by atoms with Gasteiger partial charge in [-0.15, -0.1) is 41.4 Å². The fourth-order valence-electron chi connectivity index (χ4n) is 3.09. The van der Waals surface area contributed by atoms with E-state index in [2.05, 4.69) is 22.0 Å². The Morgan fingerprint density at radius 3 is 2.72 bits per heavy atom. The Hall–Kier alpha value is -3.04. The highest BCUT2D eigenvalue weighted by atomic mass is 32.2. The third-order valence-corrected chi connectivity index (χ3v) is 8.09. The van der Waals surface area contributed by atoms with Crippen LogP contribution in [0, 0.1) is 5.41 Å². The highest BCUT2D eigenvalue weighted by Crippen LogP contribution is 2.43. The maximum Gasteiger partial charge on any atom is 0.358 e. The van der Waals surface area contributed by atoms with Gasteiger partial charge in [-0.05, 0) is 20.8 Å². The molecule has 0 unspecified atom stereocenters. The van der Waals surface area contributed by atoms with Gasteiger partial charge in [-0.25, -0.2) is 9.78 Å². The molecule has 15 heteroatoms. The molecule has 3 heterocycles. The lowest BCUT2D eigenvalue weighted by molar-refractivity contribution is -0.173. The number of hydrogen-bond donors (Lipinski definition) is 3. The number of nitrogens with one attached hydrogen (secondary N) is 1. The van der Waals surface area contributed by atoms with E-state index in [4.69, 9.17) is 15.2 Å². The highest BCUT2D eigenvalue weighted by Gasteiger charge is 2.55. The summed E-state index contributed by atoms with van der Waals surface area (Å²) >= 11 is 3.73. The fourth-order valence-corrected chi connectivity index (χ4v) is 6.01. The van der Waals surface area contributed by atoms with Gasteiger partial charge in [0.15, 0.2) is 10.8 Å². The fraction of sp³-hybridized carbons (Fsp3) is 0.429. The van der Waals surface area contributed by atoms with Crippen molar-refractivity contribution in [1.29, 1.82) is 0 Å². The Morgan fingerprint density at radius 1 is 1.42 bits per heavy atom. The van der Waals surface area contributed by atoms with Gasteiger partial charge in [-0.1, -0.05) is 11.2 Å². The van der Waals surface area contributed by atoms with Crippen molar-refractivity contribution in [3.8, 4) is 0 Å². The monoisotopic (exact) mass is 555 g/mol. The minimum Gasteiger partial charge on any atom is -0.427 e. The Balaban J connectivity index is 1.73. The molecule has 4 N–H and O–H groups in total. The number of aromatic nitrogens is 1. The molecule has 2 atom stereocenters. The quantitative estimate of drug-likeness (QED) is 0.0767. The minimum absolute atomic E-state index is 0.0243. The van der Waals surface area contributed by atoms with Crippen LogP contribution in [-0.2, 0) is 28.7 Å². The molecule has 12 nitrogen and oxygen atoms in total. The molecule has 3 rings (SSSR count). The number of thiazole rings is 1. The molecule has 1 aromatic heterocycles. The lowest BCUT2D eigenvalue weighted by atomic mass is 9.98. The second-order valence-electron chi connectivity index (χ2n) is 8.48. The number of carbonyl (C=O) groups excluding carboxylic acids is 4. The van der Waals surface area contributed by atoms with Crippen LogP contribution in [0.4, 0.5) is 5.13 Å². The number of oxime groups is 1. The number of hydrogen-bond acceptors (Lipinski definition) is 13. The van der Waals surface area contributed by atoms with Gasteiger partial charge in [0.1, 0.15) is 22.8 Å². The number of rotatable bonds is 9. The van der Waals surface area contributed by atoms with Crippen molar-refractivity contribution in [1.82, 2.24) is 15.2 Å². The van der Waals surface area contributed by atoms with Crippen molar-refractivity contribution in [2.24, 2.45) is 10.6 Å². The largest absolute Gasteiger partial charge is 0.427 e. The molecule has 0 saturated carbocycles. The van der Waals surface area contributed by atoms with Gasteiger partial charge in [0, 0.05) is 21.8 Å². The maximum absolute atomic E-state index is 13.0. The number of nitrogens with two attached hydrogens (primary N) is 1. The van der Waals surface area contributed by atoms with E-state index >= 15 is 0 Å². The molecule has 1 saturated heterocycles. The lowest BCUT2D eigenvalue weighted by Crippen LogP contribution is -2.71. The number of thioether (sulfide) groups is 2. The number of β-lactam (4-membered cyclic amide) rings is 1. The molecule has 0 aromatic carbocycles. The lowest BCUT2D eigenvalue weighted by Gasteiger charge is -2.49. The summed E-state index contributed by atoms with van der Waals surface area (Å²) in [7, 11) is 0. The van der Waals surface area contributed by atoms with Gasteiger partial charge in [0.25, 0.3) is 11.8 Å². The molecule has 1 fully saturated rings. The van der Waals surface area contributed by atoms with E-state index in [1.165, 1.54) is 33.8 Å². The Labute approximate surface area is 219 Å². The van der Waals surface area contributed by atoms with E-state index in [1.807, 2.05) is 0 Å². The number of nitrogens with zero attached hydrogens (tertiary/aromatic N) is 3. The molecule has 2 aliphatic heterocycles. The number of ether oxygens (including phenoxy) is 2. The van der Waals surface area contributed by atoms with Gasteiger partial charge in [0.2, 0.25) is 6.79 Å². The molecule has 0 aliphatic carbocycles. The van der Waals surface area contributed by atoms with Gasteiger partial charge in [-0.2, -0.15) is 0 Å². The van der Waals surface area contributed by atoms with Crippen LogP contribution in [0.1, 0.15) is 26.5 Å². The zero-order valence-corrected chi connectivity index (χ0v) is 22.1. The molecule has 194 valence electrons. The molecule has 0 radical (unpaired) electrons. The van der Waals surface area contributed by atoms with E-state index in [0.717, 1.165) is 11.3 Å². The molecule has 1 aromatic rings. The smallest absolute Gasteiger partial charge is 0.358 e. The molecular weight excluding hydrogens is 530 g/mol. The van der Waals surface area contributed by atoms with Crippen molar-refractivity contribution >= 4 is 69.5 Å². The summed E-state index contributed by atoms with van der Waals surface area (Å²) in [5, 5.41) is 15.8. The van der Waals surface area contributed by atoms with E-state index in [1.54, 1.807) is 26.8 Å². The molecule has 2 amide bonds. The Bertz CT molecular complexity index is 1140. The third-order valence-electron chi connectivity index (χ3n) is 4.86. The normalized spacial score (nSPS) is 19.8. The average Bonchev–Trinajstić information content (AvgIpc) is 3.25. The topological polar surface area (TPSA) is 174 Å². The van der Waals surface area contributed by atoms with Crippen LogP contribution >= 0.6 is 34.9 Å². The maximum atomic E-state index is 13.0. The standard InChI is InChI=1S/C21H25N5O7S3/c1-5-6-34-11-8-35-17-13(24-15(27)12(25-31)10-7-36-20(22)23-10)16(28)26(17)14(11)18(29)32-9-33-19(30)21(2,3)4/h5,7,13,17,31H,1,6,8-9H2,2-4H3,(H2,22,23)(H,24,27)/b25-12-/t13-,17+/m1/s1. The van der Waals surface area contributed by atoms with Crippen LogP contribution in [0.2, 0.25) is 0 Å². The summed E-state index contributed by atoms with van der Waals surface area (Å²) in [5.74, 6) is -1.89. The van der Waals surface area contributed by atoms with Crippen LogP contribution in [0.5, 0.6) is 0 Å². The first kappa shape index (κ1) is 27.5. The van der Waals surface area contributed by atoms with Crippen molar-refractivity contribution in [3.63, 3.8) is 0 Å². The zero-order valence-electron chi connectivity index (χ0n) is 19.7. The Morgan fingerprint density at radius 2 is 2.14 bits per heavy atom. The van der Waals surface area contributed by atoms with Crippen LogP contribution in [0.15, 0.2) is 33.8 Å². The summed E-state index contributed by atoms with van der Waals surface area (Å²) in [6.45, 7) is 8.05. The predicted octanol–water partition coefficient (Wildman–Crippen LogP) is 1.52. The first-order valence-electron chi connectivity index (χ1n) is 10.5. The van der Waals surface area contributed by atoms with Crippen LogP contribution < -0.4 is 11.1 Å². The molecule has 36 heavy (non-hydrogen) atoms. The number of carbonyl (C=O) groups is 4.